The molecule has 3 rings (SSSR count). The molecule has 0 bridgehead atoms. The van der Waals surface area contributed by atoms with Crippen molar-refractivity contribution in [2.75, 3.05) is 5.43 Å². The fourth-order valence-electron chi connectivity index (χ4n) is 1.66. The third-order valence-electron chi connectivity index (χ3n) is 2.43. The highest BCUT2D eigenvalue weighted by Gasteiger charge is 2.12. The van der Waals surface area contributed by atoms with Gasteiger partial charge in [0.1, 0.15) is 6.33 Å². The maximum Gasteiger partial charge on any atom is 0.226 e. The first-order valence-electron chi connectivity index (χ1n) is 5.07. The van der Waals surface area contributed by atoms with Crippen LogP contribution in [0.5, 0.6) is 0 Å². The highest BCUT2D eigenvalue weighted by molar-refractivity contribution is 6.28. The second kappa shape index (κ2) is 4.21. The van der Waals surface area contributed by atoms with E-state index >= 15 is 0 Å². The summed E-state index contributed by atoms with van der Waals surface area (Å²) in [6.07, 6.45) is 5.01. The van der Waals surface area contributed by atoms with Gasteiger partial charge >= 0.3 is 0 Å². The van der Waals surface area contributed by atoms with Gasteiger partial charge < -0.3 is 5.43 Å². The average molecular weight is 262 g/mol. The van der Waals surface area contributed by atoms with Crippen LogP contribution in [-0.4, -0.2) is 24.5 Å². The molecule has 0 saturated heterocycles. The minimum Gasteiger partial charge on any atom is -0.306 e. The lowest BCUT2D eigenvalue weighted by Crippen LogP contribution is -2.10. The Hall–Kier alpha value is -2.25. The van der Waals surface area contributed by atoms with E-state index in [1.54, 1.807) is 23.3 Å². The predicted molar refractivity (Wildman–Crippen MR) is 67.3 cm³/mol. The summed E-state index contributed by atoms with van der Waals surface area (Å²) in [5.41, 5.74) is 4.39. The summed E-state index contributed by atoms with van der Waals surface area (Å²) in [5.74, 6) is 5.75. The zero-order valence-electron chi connectivity index (χ0n) is 9.08. The van der Waals surface area contributed by atoms with E-state index in [9.17, 15) is 0 Å². The Kier molecular flexibility index (Phi) is 2.54. The average Bonchev–Trinajstić information content (AvgIpc) is 2.82. The Morgan fingerprint density at radius 1 is 1.33 bits per heavy atom. The van der Waals surface area contributed by atoms with E-state index in [0.29, 0.717) is 17.0 Å². The Morgan fingerprint density at radius 3 is 2.94 bits per heavy atom. The van der Waals surface area contributed by atoms with Crippen LogP contribution < -0.4 is 11.3 Å². The number of imidazole rings is 1. The molecule has 3 aromatic rings. The summed E-state index contributed by atoms with van der Waals surface area (Å²) in [4.78, 5) is 16.4. The number of rotatable bonds is 2. The van der Waals surface area contributed by atoms with Crippen molar-refractivity contribution in [1.82, 2.24) is 24.5 Å². The van der Waals surface area contributed by atoms with Crippen molar-refractivity contribution in [2.45, 2.75) is 0 Å². The van der Waals surface area contributed by atoms with Crippen LogP contribution in [0.3, 0.4) is 0 Å². The van der Waals surface area contributed by atoms with Gasteiger partial charge in [-0.1, -0.05) is 0 Å². The number of nitrogens with one attached hydrogen (secondary N) is 1. The third-order valence-corrected chi connectivity index (χ3v) is 2.60. The molecule has 0 aliphatic heterocycles. The molecule has 8 heteroatoms. The van der Waals surface area contributed by atoms with E-state index in [4.69, 9.17) is 17.4 Å². The third kappa shape index (κ3) is 1.66. The number of pyridine rings is 1. The van der Waals surface area contributed by atoms with Gasteiger partial charge in [-0.15, -0.1) is 0 Å². The zero-order chi connectivity index (χ0) is 12.5. The number of anilines is 1. The zero-order valence-corrected chi connectivity index (χ0v) is 9.83. The molecular formula is C10H8ClN7. The van der Waals surface area contributed by atoms with Gasteiger partial charge in [-0.05, 0) is 23.7 Å². The van der Waals surface area contributed by atoms with Crippen LogP contribution in [-0.2, 0) is 0 Å². The molecular weight excluding hydrogens is 254 g/mol. The van der Waals surface area contributed by atoms with Gasteiger partial charge in [0.25, 0.3) is 0 Å². The first-order valence-corrected chi connectivity index (χ1v) is 5.45. The van der Waals surface area contributed by atoms with Crippen LogP contribution >= 0.6 is 11.6 Å². The minimum absolute atomic E-state index is 0.0982. The van der Waals surface area contributed by atoms with Crippen LogP contribution in [0.4, 0.5) is 5.82 Å². The molecule has 0 amide bonds. The van der Waals surface area contributed by atoms with E-state index in [0.717, 1.165) is 5.69 Å². The second-order valence-electron chi connectivity index (χ2n) is 3.48. The number of halogens is 1. The molecule has 0 unspecified atom stereocenters. The highest BCUT2D eigenvalue weighted by Crippen LogP contribution is 2.22. The summed E-state index contributed by atoms with van der Waals surface area (Å²) in [5, 5.41) is 0.0982. The molecule has 0 aliphatic rings. The van der Waals surface area contributed by atoms with Crippen molar-refractivity contribution in [3.05, 3.63) is 36.1 Å². The Balaban J connectivity index is 2.30. The lowest BCUT2D eigenvalue weighted by Gasteiger charge is -2.04. The lowest BCUT2D eigenvalue weighted by molar-refractivity contribution is 1.04. The van der Waals surface area contributed by atoms with Crippen molar-refractivity contribution in [2.24, 2.45) is 5.84 Å². The van der Waals surface area contributed by atoms with Gasteiger partial charge in [0.05, 0.1) is 11.9 Å². The Bertz CT molecular complexity index is 694. The summed E-state index contributed by atoms with van der Waals surface area (Å²) in [6, 6.07) is 3.71. The van der Waals surface area contributed by atoms with Gasteiger partial charge in [0.15, 0.2) is 17.0 Å². The molecule has 0 atom stereocenters. The fraction of sp³-hybridized carbons (Fsp3) is 0. The summed E-state index contributed by atoms with van der Waals surface area (Å²) in [7, 11) is 0. The molecule has 3 heterocycles. The van der Waals surface area contributed by atoms with Crippen LogP contribution in [0.25, 0.3) is 16.9 Å². The van der Waals surface area contributed by atoms with E-state index in [1.165, 1.54) is 0 Å². The molecule has 3 aromatic heterocycles. The number of nitrogens with two attached hydrogens (primary N) is 1. The summed E-state index contributed by atoms with van der Waals surface area (Å²) < 4.78 is 1.76. The number of hydrogen-bond donors (Lipinski definition) is 2. The largest absolute Gasteiger partial charge is 0.306 e. The molecule has 0 saturated carbocycles. The second-order valence-corrected chi connectivity index (χ2v) is 3.82. The van der Waals surface area contributed by atoms with E-state index < -0.39 is 0 Å². The van der Waals surface area contributed by atoms with Crippen LogP contribution in [0.15, 0.2) is 30.9 Å². The van der Waals surface area contributed by atoms with Crippen LogP contribution in [0.1, 0.15) is 0 Å². The first-order chi connectivity index (χ1) is 8.79. The number of aromatic nitrogens is 5. The lowest BCUT2D eigenvalue weighted by atomic mass is 10.4. The SMILES string of the molecule is NNc1nc(Cl)nc2c1ncn2-c1cccnc1. The first kappa shape index (κ1) is 10.9. The quantitative estimate of drug-likeness (QED) is 0.408. The number of nitrogen functional groups attached to an aromatic ring is 1. The van der Waals surface area contributed by atoms with E-state index in [2.05, 4.69) is 25.4 Å². The Labute approximate surface area is 107 Å². The van der Waals surface area contributed by atoms with E-state index in [-0.39, 0.29) is 5.28 Å². The standard InChI is InChI=1S/C10H8ClN7/c11-10-15-8(17-12)7-9(16-10)18(5-14-7)6-2-1-3-13-4-6/h1-5H,12H2,(H,15,16,17). The van der Waals surface area contributed by atoms with Crippen molar-refractivity contribution in [1.29, 1.82) is 0 Å². The molecule has 7 nitrogen and oxygen atoms in total. The maximum absolute atomic E-state index is 5.84. The Morgan fingerprint density at radius 2 is 2.22 bits per heavy atom. The molecule has 0 aromatic carbocycles. The number of hydrazine groups is 1. The topological polar surface area (TPSA) is 94.5 Å². The maximum atomic E-state index is 5.84. The van der Waals surface area contributed by atoms with Gasteiger partial charge in [-0.25, -0.2) is 10.8 Å². The van der Waals surface area contributed by atoms with Crippen molar-refractivity contribution in [3.63, 3.8) is 0 Å². The number of fused-ring (bicyclic) bond motifs is 1. The molecule has 18 heavy (non-hydrogen) atoms. The van der Waals surface area contributed by atoms with Crippen molar-refractivity contribution < 1.29 is 0 Å². The highest BCUT2D eigenvalue weighted by atomic mass is 35.5. The summed E-state index contributed by atoms with van der Waals surface area (Å²) >= 11 is 5.84. The van der Waals surface area contributed by atoms with Gasteiger partial charge in [-0.2, -0.15) is 9.97 Å². The number of hydrogen-bond acceptors (Lipinski definition) is 6. The summed E-state index contributed by atoms with van der Waals surface area (Å²) in [6.45, 7) is 0. The molecule has 0 radical (unpaired) electrons. The number of nitrogens with zero attached hydrogens (tertiary/aromatic N) is 5. The normalized spacial score (nSPS) is 10.8. The molecule has 0 spiro atoms. The van der Waals surface area contributed by atoms with Crippen molar-refractivity contribution >= 4 is 28.6 Å². The van der Waals surface area contributed by atoms with Gasteiger partial charge in [0.2, 0.25) is 5.28 Å². The molecule has 0 fully saturated rings. The predicted octanol–water partition coefficient (Wildman–Crippen LogP) is 1.15. The van der Waals surface area contributed by atoms with Crippen LogP contribution in [0, 0.1) is 0 Å². The van der Waals surface area contributed by atoms with Crippen LogP contribution in [0.2, 0.25) is 5.28 Å². The molecule has 3 N–H and O–H groups in total. The monoisotopic (exact) mass is 261 g/mol. The fourth-order valence-corrected chi connectivity index (χ4v) is 1.82. The van der Waals surface area contributed by atoms with Gasteiger partial charge in [0, 0.05) is 6.20 Å². The van der Waals surface area contributed by atoms with Crippen molar-refractivity contribution in [3.8, 4) is 5.69 Å². The van der Waals surface area contributed by atoms with E-state index in [1.807, 2.05) is 12.1 Å². The smallest absolute Gasteiger partial charge is 0.226 e. The van der Waals surface area contributed by atoms with Gasteiger partial charge in [-0.3, -0.25) is 9.55 Å². The molecule has 0 aliphatic carbocycles. The molecule has 90 valence electrons. The minimum atomic E-state index is 0.0982.